The molecule has 2 heterocycles. The van der Waals surface area contributed by atoms with Crippen molar-refractivity contribution in [2.45, 2.75) is 25.8 Å². The lowest BCUT2D eigenvalue weighted by molar-refractivity contribution is -0.133. The van der Waals surface area contributed by atoms with Crippen LogP contribution >= 0.6 is 0 Å². The Hall–Kier alpha value is -3.22. The molecule has 2 N–H and O–H groups in total. The van der Waals surface area contributed by atoms with E-state index >= 15 is 0 Å². The van der Waals surface area contributed by atoms with Gasteiger partial charge in [0.1, 0.15) is 5.69 Å². The zero-order valence-electron chi connectivity index (χ0n) is 14.1. The number of rotatable bonds is 5. The van der Waals surface area contributed by atoms with Gasteiger partial charge in [-0.05, 0) is 42.7 Å². The largest absolute Gasteiger partial charge is 0.477 e. The molecule has 134 valence electrons. The molecule has 7 nitrogen and oxygen atoms in total. The van der Waals surface area contributed by atoms with E-state index in [0.29, 0.717) is 18.7 Å². The lowest BCUT2D eigenvalue weighted by Gasteiger charge is -2.26. The van der Waals surface area contributed by atoms with Gasteiger partial charge >= 0.3 is 5.97 Å². The fourth-order valence-electron chi connectivity index (χ4n) is 2.85. The Kier molecular flexibility index (Phi) is 5.26. The van der Waals surface area contributed by atoms with Crippen LogP contribution < -0.4 is 5.32 Å². The summed E-state index contributed by atoms with van der Waals surface area (Å²) < 4.78 is 0. The minimum atomic E-state index is -1.14. The molecule has 2 aromatic rings. The smallest absolute Gasteiger partial charge is 0.354 e. The van der Waals surface area contributed by atoms with E-state index in [4.69, 9.17) is 5.11 Å². The number of aromatic carboxylic acids is 1. The van der Waals surface area contributed by atoms with Gasteiger partial charge in [-0.25, -0.2) is 9.78 Å². The molecule has 2 amide bonds. The first-order valence-electron chi connectivity index (χ1n) is 8.40. The highest BCUT2D eigenvalue weighted by Gasteiger charge is 2.18. The number of carboxylic acid groups (broad SMARTS) is 1. The lowest BCUT2D eigenvalue weighted by atomic mass is 10.1. The molecule has 1 saturated heterocycles. The number of piperidine rings is 1. The Labute approximate surface area is 150 Å². The highest BCUT2D eigenvalue weighted by Crippen LogP contribution is 2.17. The van der Waals surface area contributed by atoms with Crippen LogP contribution in [0, 0.1) is 0 Å². The van der Waals surface area contributed by atoms with Crippen LogP contribution in [0.25, 0.3) is 0 Å². The van der Waals surface area contributed by atoms with Crippen molar-refractivity contribution in [2.24, 2.45) is 0 Å². The predicted molar refractivity (Wildman–Crippen MR) is 94.9 cm³/mol. The molecule has 0 bridgehead atoms. The normalized spacial score (nSPS) is 14.2. The summed E-state index contributed by atoms with van der Waals surface area (Å²) in [6, 6.07) is 10.0. The third-order valence-corrected chi connectivity index (χ3v) is 4.22. The van der Waals surface area contributed by atoms with Gasteiger partial charge in [0, 0.05) is 31.4 Å². The van der Waals surface area contributed by atoms with Crippen LogP contribution in [0.4, 0.5) is 5.69 Å². The average Bonchev–Trinajstić information content (AvgIpc) is 2.64. The topological polar surface area (TPSA) is 99.6 Å². The van der Waals surface area contributed by atoms with Crippen LogP contribution in [-0.2, 0) is 11.3 Å². The van der Waals surface area contributed by atoms with E-state index in [2.05, 4.69) is 10.3 Å². The number of anilines is 1. The maximum atomic E-state index is 12.3. The average molecular weight is 353 g/mol. The molecule has 1 aliphatic heterocycles. The van der Waals surface area contributed by atoms with E-state index in [1.807, 2.05) is 23.1 Å². The maximum absolute atomic E-state index is 12.3. The fourth-order valence-corrected chi connectivity index (χ4v) is 2.85. The van der Waals surface area contributed by atoms with Crippen LogP contribution in [0.2, 0.25) is 0 Å². The van der Waals surface area contributed by atoms with Gasteiger partial charge in [0.2, 0.25) is 5.91 Å². The first kappa shape index (κ1) is 17.6. The number of nitrogens with one attached hydrogen (secondary N) is 1. The molecule has 0 saturated carbocycles. The van der Waals surface area contributed by atoms with E-state index in [1.54, 1.807) is 6.07 Å². The second-order valence-electron chi connectivity index (χ2n) is 6.16. The predicted octanol–water partition coefficient (Wildman–Crippen LogP) is 2.54. The minimum Gasteiger partial charge on any atom is -0.477 e. The zero-order chi connectivity index (χ0) is 18.5. The number of carbonyl (C=O) groups excluding carboxylic acids is 2. The molecule has 0 atom stereocenters. The highest BCUT2D eigenvalue weighted by atomic mass is 16.4. The summed E-state index contributed by atoms with van der Waals surface area (Å²) in [6.07, 6.45) is 3.78. The second-order valence-corrected chi connectivity index (χ2v) is 6.16. The summed E-state index contributed by atoms with van der Waals surface area (Å²) in [5, 5.41) is 11.6. The number of hydrogen-bond acceptors (Lipinski definition) is 4. The molecule has 26 heavy (non-hydrogen) atoms. The monoisotopic (exact) mass is 353 g/mol. The summed E-state index contributed by atoms with van der Waals surface area (Å²) in [5.74, 6) is -1.35. The van der Waals surface area contributed by atoms with E-state index in [1.165, 1.54) is 18.3 Å². The van der Waals surface area contributed by atoms with Gasteiger partial charge in [-0.15, -0.1) is 0 Å². The van der Waals surface area contributed by atoms with Crippen molar-refractivity contribution in [1.82, 2.24) is 9.88 Å². The van der Waals surface area contributed by atoms with Gasteiger partial charge in [0.25, 0.3) is 5.91 Å². The molecule has 1 aromatic heterocycles. The van der Waals surface area contributed by atoms with Crippen molar-refractivity contribution >= 4 is 23.5 Å². The molecule has 0 radical (unpaired) electrons. The van der Waals surface area contributed by atoms with Crippen LogP contribution in [0.5, 0.6) is 0 Å². The molecule has 7 heteroatoms. The van der Waals surface area contributed by atoms with E-state index < -0.39 is 5.97 Å². The Bertz CT molecular complexity index is 833. The lowest BCUT2D eigenvalue weighted by Crippen LogP contribution is -2.34. The number of carbonyl (C=O) groups is 3. The number of aromatic nitrogens is 1. The van der Waals surface area contributed by atoms with Crippen molar-refractivity contribution < 1.29 is 19.5 Å². The van der Waals surface area contributed by atoms with Crippen LogP contribution in [0.15, 0.2) is 42.6 Å². The summed E-state index contributed by atoms with van der Waals surface area (Å²) in [6.45, 7) is 1.29. The molecule has 1 aromatic carbocycles. The molecule has 0 aliphatic carbocycles. The molecule has 0 unspecified atom stereocenters. The molecule has 1 fully saturated rings. The highest BCUT2D eigenvalue weighted by molar-refractivity contribution is 6.04. The number of hydrogen-bond donors (Lipinski definition) is 2. The number of nitrogens with zero attached hydrogens (tertiary/aromatic N) is 2. The van der Waals surface area contributed by atoms with E-state index in [9.17, 15) is 14.4 Å². The van der Waals surface area contributed by atoms with Crippen molar-refractivity contribution in [3.05, 3.63) is 59.4 Å². The van der Waals surface area contributed by atoms with Gasteiger partial charge in [0.15, 0.2) is 0 Å². The first-order chi connectivity index (χ1) is 12.5. The Morgan fingerprint density at radius 2 is 2.04 bits per heavy atom. The van der Waals surface area contributed by atoms with Gasteiger partial charge < -0.3 is 15.3 Å². The number of likely N-dealkylation sites (tertiary alicyclic amines) is 1. The van der Waals surface area contributed by atoms with Gasteiger partial charge in [-0.3, -0.25) is 9.59 Å². The summed E-state index contributed by atoms with van der Waals surface area (Å²) >= 11 is 0. The first-order valence-corrected chi connectivity index (χ1v) is 8.40. The van der Waals surface area contributed by atoms with Crippen molar-refractivity contribution in [1.29, 1.82) is 0 Å². The van der Waals surface area contributed by atoms with Crippen molar-refractivity contribution in [3.63, 3.8) is 0 Å². The quantitative estimate of drug-likeness (QED) is 0.860. The third-order valence-electron chi connectivity index (χ3n) is 4.22. The standard InChI is InChI=1S/C19H19N3O4/c23-17-6-1-2-9-22(17)12-13-4-3-5-15(10-13)21-18(24)14-7-8-16(19(25)26)20-11-14/h3-5,7-8,10-11H,1-2,6,9,12H2,(H,21,24)(H,25,26). The number of pyridine rings is 1. The zero-order valence-corrected chi connectivity index (χ0v) is 14.1. The van der Waals surface area contributed by atoms with Crippen molar-refractivity contribution in [3.8, 4) is 0 Å². The molecule has 3 rings (SSSR count). The molecule has 1 aliphatic rings. The minimum absolute atomic E-state index is 0.116. The van der Waals surface area contributed by atoms with E-state index in [0.717, 1.165) is 24.9 Å². The molecular formula is C19H19N3O4. The Morgan fingerprint density at radius 3 is 2.73 bits per heavy atom. The Morgan fingerprint density at radius 1 is 1.19 bits per heavy atom. The SMILES string of the molecule is O=C(Nc1cccc(CN2CCCCC2=O)c1)c1ccc(C(=O)O)nc1. The maximum Gasteiger partial charge on any atom is 0.354 e. The van der Waals surface area contributed by atoms with Gasteiger partial charge in [0.05, 0.1) is 5.56 Å². The molecular weight excluding hydrogens is 334 g/mol. The van der Waals surface area contributed by atoms with E-state index in [-0.39, 0.29) is 23.1 Å². The number of amides is 2. The third kappa shape index (κ3) is 4.24. The number of benzene rings is 1. The summed E-state index contributed by atoms with van der Waals surface area (Å²) in [7, 11) is 0. The fraction of sp³-hybridized carbons (Fsp3) is 0.263. The van der Waals surface area contributed by atoms with Crippen LogP contribution in [-0.4, -0.2) is 39.3 Å². The summed E-state index contributed by atoms with van der Waals surface area (Å²) in [5.41, 5.74) is 1.71. The van der Waals surface area contributed by atoms with Crippen LogP contribution in [0.1, 0.15) is 45.7 Å². The van der Waals surface area contributed by atoms with Gasteiger partial charge in [-0.2, -0.15) is 0 Å². The molecule has 0 spiro atoms. The Balaban J connectivity index is 1.67. The van der Waals surface area contributed by atoms with Gasteiger partial charge in [-0.1, -0.05) is 12.1 Å². The number of carboxylic acids is 1. The second kappa shape index (κ2) is 7.77. The van der Waals surface area contributed by atoms with Crippen molar-refractivity contribution in [2.75, 3.05) is 11.9 Å². The van der Waals surface area contributed by atoms with Crippen LogP contribution in [0.3, 0.4) is 0 Å². The summed E-state index contributed by atoms with van der Waals surface area (Å²) in [4.78, 5) is 40.6.